The Hall–Kier alpha value is -5.77. The molecule has 3 heterocycles. The number of hydroxylamine groups is 2. The zero-order valence-corrected chi connectivity index (χ0v) is 43.9. The van der Waals surface area contributed by atoms with Crippen molar-refractivity contribution in [3.8, 4) is 5.75 Å². The maximum Gasteiger partial charge on any atom is 0.333 e. The highest BCUT2D eigenvalue weighted by Crippen LogP contribution is 2.51. The monoisotopic (exact) mass is 1050 g/mol. The standard InChI is InChI=1S/C52H62N3O14S3/c1-51(2)41-17-7-9-19-43(41)53(33-13-35-70(59,60)65-4)45(51)28-22-37-15-11-16-38(50(37)68-39-24-26-40(27-25-39)72(63,64)67-6)23-29-46-52(3,32-12-21-49(58)69-55-47(56)30-31-48(55)57)42-18-8-10-20-44(42)54(46)34-14-36-71(61,62)66-5/h7-10,17-20,22-29H,11-16,21,30-36H2,1-6H3/q+1. The predicted octanol–water partition coefficient (Wildman–Crippen LogP) is 7.57. The second kappa shape index (κ2) is 22.1. The first-order valence-corrected chi connectivity index (χ1v) is 28.4. The topological polar surface area (TPSA) is 209 Å². The lowest BCUT2D eigenvalue weighted by Crippen LogP contribution is -2.32. The number of fused-ring (bicyclic) bond motifs is 2. The maximum absolute atomic E-state index is 13.0. The zero-order chi connectivity index (χ0) is 52.1. The van der Waals surface area contributed by atoms with Crippen LogP contribution in [0, 0.1) is 0 Å². The molecule has 2 amide bonds. The summed E-state index contributed by atoms with van der Waals surface area (Å²) in [6, 6.07) is 21.8. The van der Waals surface area contributed by atoms with Gasteiger partial charge in [-0.25, -0.2) is 4.79 Å². The van der Waals surface area contributed by atoms with Crippen molar-refractivity contribution in [1.82, 2.24) is 5.06 Å². The Labute approximate surface area is 422 Å². The number of allylic oxidation sites excluding steroid dienone is 7. The molecule has 72 heavy (non-hydrogen) atoms. The summed E-state index contributed by atoms with van der Waals surface area (Å²) in [4.78, 5) is 44.7. The lowest BCUT2D eigenvalue weighted by molar-refractivity contribution is -0.437. The molecule has 386 valence electrons. The number of hydrogen-bond donors (Lipinski definition) is 0. The summed E-state index contributed by atoms with van der Waals surface area (Å²) >= 11 is 0. The van der Waals surface area contributed by atoms with Crippen molar-refractivity contribution >= 4 is 65.2 Å². The molecule has 17 nitrogen and oxygen atoms in total. The number of nitrogens with zero attached hydrogens (tertiary/aromatic N) is 3. The second-order valence-electron chi connectivity index (χ2n) is 18.6. The van der Waals surface area contributed by atoms with Gasteiger partial charge in [0.15, 0.2) is 5.71 Å². The number of amides is 2. The smallest absolute Gasteiger partial charge is 0.333 e. The molecule has 20 heteroatoms. The summed E-state index contributed by atoms with van der Waals surface area (Å²) < 4.78 is 98.1. The first-order chi connectivity index (χ1) is 34.1. The van der Waals surface area contributed by atoms with E-state index in [-0.39, 0.29) is 42.1 Å². The van der Waals surface area contributed by atoms with Crippen molar-refractivity contribution in [3.05, 3.63) is 131 Å². The van der Waals surface area contributed by atoms with Gasteiger partial charge in [0.1, 0.15) is 18.1 Å². The third-order valence-corrected chi connectivity index (χ3v) is 17.6. The summed E-state index contributed by atoms with van der Waals surface area (Å²) in [6.45, 7) is 7.04. The molecule has 7 rings (SSSR count). The third-order valence-electron chi connectivity index (χ3n) is 13.7. The highest BCUT2D eigenvalue weighted by atomic mass is 32.2. The van der Waals surface area contributed by atoms with Gasteiger partial charge in [0, 0.05) is 66.7 Å². The molecule has 1 saturated heterocycles. The van der Waals surface area contributed by atoms with Crippen LogP contribution in [0.5, 0.6) is 5.75 Å². The lowest BCUT2D eigenvalue weighted by Gasteiger charge is -2.31. The molecule has 4 aliphatic rings. The molecule has 3 aliphatic heterocycles. The van der Waals surface area contributed by atoms with Crippen molar-refractivity contribution in [2.24, 2.45) is 0 Å². The first-order valence-electron chi connectivity index (χ1n) is 23.8. The average molecular weight is 1050 g/mol. The quantitative estimate of drug-likeness (QED) is 0.0540. The number of rotatable bonds is 22. The molecule has 0 aromatic heterocycles. The number of para-hydroxylation sites is 2. The number of carbonyl (C=O) groups excluding carboxylic acids is 3. The Bertz CT molecular complexity index is 3090. The van der Waals surface area contributed by atoms with Crippen LogP contribution in [0.25, 0.3) is 0 Å². The van der Waals surface area contributed by atoms with Crippen LogP contribution in [0.2, 0.25) is 0 Å². The number of hydrogen-bond acceptors (Lipinski definition) is 15. The van der Waals surface area contributed by atoms with Gasteiger partial charge in [-0.05, 0) is 118 Å². The largest absolute Gasteiger partial charge is 0.457 e. The average Bonchev–Trinajstić information content (AvgIpc) is 3.88. The molecular formula is C52H62N3O14S3+. The summed E-state index contributed by atoms with van der Waals surface area (Å²) in [6.07, 6.45) is 11.2. The van der Waals surface area contributed by atoms with Crippen LogP contribution in [-0.4, -0.2) is 104 Å². The van der Waals surface area contributed by atoms with E-state index >= 15 is 0 Å². The molecule has 3 aromatic carbocycles. The van der Waals surface area contributed by atoms with E-state index in [1.165, 1.54) is 12.1 Å². The van der Waals surface area contributed by atoms with Gasteiger partial charge in [-0.1, -0.05) is 42.5 Å². The highest BCUT2D eigenvalue weighted by molar-refractivity contribution is 7.87. The van der Waals surface area contributed by atoms with E-state index in [9.17, 15) is 39.6 Å². The summed E-state index contributed by atoms with van der Waals surface area (Å²) in [5.41, 5.74) is 6.13. The molecule has 1 atom stereocenters. The van der Waals surface area contributed by atoms with Crippen LogP contribution >= 0.6 is 0 Å². The SMILES string of the molecule is COS(=O)(=O)CCCN1/C(=C/C=C2\CCCC(/C=C/C3=[N+](CCCS(=O)(=O)OC)c4ccccc4C3(C)C)=C2Oc2ccc(S(=O)(=O)OC)cc2)C(C)(CCCC(=O)ON2C(=O)CCC2=O)c2ccccc21. The minimum Gasteiger partial charge on any atom is -0.457 e. The van der Waals surface area contributed by atoms with E-state index in [1.807, 2.05) is 60.7 Å². The molecule has 3 aromatic rings. The summed E-state index contributed by atoms with van der Waals surface area (Å²) in [7, 11) is -8.07. The first kappa shape index (κ1) is 54.0. The van der Waals surface area contributed by atoms with Crippen molar-refractivity contribution < 1.29 is 66.3 Å². The Morgan fingerprint density at radius 1 is 0.722 bits per heavy atom. The number of carbonyl (C=O) groups is 3. The number of imide groups is 1. The molecular weight excluding hydrogens is 987 g/mol. The second-order valence-corrected chi connectivity index (χ2v) is 24.0. The molecule has 0 N–H and O–H groups in total. The fraction of sp³-hybridized carbons (Fsp3) is 0.423. The van der Waals surface area contributed by atoms with Crippen LogP contribution in [0.1, 0.15) is 96.1 Å². The molecule has 0 radical (unpaired) electrons. The molecule has 0 spiro atoms. The van der Waals surface area contributed by atoms with Crippen LogP contribution in [0.4, 0.5) is 11.4 Å². The van der Waals surface area contributed by atoms with Crippen molar-refractivity contribution in [3.63, 3.8) is 0 Å². The zero-order valence-electron chi connectivity index (χ0n) is 41.4. The van der Waals surface area contributed by atoms with Gasteiger partial charge in [-0.2, -0.15) is 29.8 Å². The van der Waals surface area contributed by atoms with Gasteiger partial charge in [0.05, 0.1) is 43.1 Å². The van der Waals surface area contributed by atoms with Gasteiger partial charge in [-0.15, -0.1) is 5.06 Å². The summed E-state index contributed by atoms with van der Waals surface area (Å²) in [5.74, 6) is -1.30. The van der Waals surface area contributed by atoms with Gasteiger partial charge in [-0.3, -0.25) is 22.1 Å². The van der Waals surface area contributed by atoms with Crippen LogP contribution < -0.4 is 9.64 Å². The van der Waals surface area contributed by atoms with Gasteiger partial charge < -0.3 is 14.5 Å². The van der Waals surface area contributed by atoms with Crippen LogP contribution in [0.15, 0.2) is 125 Å². The number of ether oxygens (including phenoxy) is 1. The number of anilines is 1. The Morgan fingerprint density at radius 2 is 1.36 bits per heavy atom. The van der Waals surface area contributed by atoms with Crippen molar-refractivity contribution in [2.75, 3.05) is 50.8 Å². The van der Waals surface area contributed by atoms with Gasteiger partial charge in [0.2, 0.25) is 5.69 Å². The van der Waals surface area contributed by atoms with E-state index in [4.69, 9.17) is 22.1 Å². The van der Waals surface area contributed by atoms with Crippen LogP contribution in [-0.2, 0) is 73.0 Å². The lowest BCUT2D eigenvalue weighted by atomic mass is 9.77. The van der Waals surface area contributed by atoms with Gasteiger partial charge in [0.25, 0.3) is 42.2 Å². The summed E-state index contributed by atoms with van der Waals surface area (Å²) in [5, 5.41) is 0.542. The van der Waals surface area contributed by atoms with E-state index in [0.29, 0.717) is 61.8 Å². The highest BCUT2D eigenvalue weighted by Gasteiger charge is 2.45. The molecule has 1 fully saturated rings. The fourth-order valence-corrected chi connectivity index (χ4v) is 11.8. The molecule has 0 saturated carbocycles. The predicted molar refractivity (Wildman–Crippen MR) is 270 cm³/mol. The van der Waals surface area contributed by atoms with Crippen molar-refractivity contribution in [2.45, 2.75) is 101 Å². The van der Waals surface area contributed by atoms with E-state index in [1.54, 1.807) is 12.1 Å². The molecule has 1 unspecified atom stereocenters. The normalized spacial score (nSPS) is 20.4. The Kier molecular flexibility index (Phi) is 16.6. The molecule has 1 aliphatic carbocycles. The minimum atomic E-state index is -3.98. The van der Waals surface area contributed by atoms with Crippen molar-refractivity contribution in [1.29, 1.82) is 0 Å². The third kappa shape index (κ3) is 11.8. The maximum atomic E-state index is 13.0. The Morgan fingerprint density at radius 3 is 2.03 bits per heavy atom. The van der Waals surface area contributed by atoms with E-state index in [2.05, 4.69) is 42.4 Å². The number of benzene rings is 3. The molecule has 0 bridgehead atoms. The van der Waals surface area contributed by atoms with E-state index < -0.39 is 59.0 Å². The Balaban J connectivity index is 1.31. The fourth-order valence-electron chi connectivity index (χ4n) is 9.86. The minimum absolute atomic E-state index is 0.0204. The van der Waals surface area contributed by atoms with Crippen LogP contribution in [0.3, 0.4) is 0 Å². The van der Waals surface area contributed by atoms with Gasteiger partial charge >= 0.3 is 5.97 Å². The van der Waals surface area contributed by atoms with E-state index in [0.717, 1.165) is 72.8 Å².